The van der Waals surface area contributed by atoms with Gasteiger partial charge in [-0.1, -0.05) is 124 Å². The Kier molecular flexibility index (Phi) is 28.3. The van der Waals surface area contributed by atoms with Gasteiger partial charge in [-0.25, -0.2) is 22.0 Å². The molecule has 1 aliphatic carbocycles. The first kappa shape index (κ1) is 98.8. The van der Waals surface area contributed by atoms with Crippen LogP contribution < -0.4 is 27.1 Å². The molecule has 6 unspecified atom stereocenters. The number of benzene rings is 5. The summed E-state index contributed by atoms with van der Waals surface area (Å²) in [5.41, 5.74) is 7.61. The van der Waals surface area contributed by atoms with Crippen LogP contribution in [-0.2, 0) is 128 Å². The summed E-state index contributed by atoms with van der Waals surface area (Å²) in [6, 6.07) is 24.7. The van der Waals surface area contributed by atoms with Crippen LogP contribution in [-0.4, -0.2) is 168 Å². The van der Waals surface area contributed by atoms with Gasteiger partial charge in [0, 0.05) is 155 Å². The molecule has 21 rings (SSSR count). The van der Waals surface area contributed by atoms with Crippen LogP contribution in [0.15, 0.2) is 139 Å². The average Bonchev–Trinajstić information content (AvgIpc) is 1.53. The summed E-state index contributed by atoms with van der Waals surface area (Å²) in [5.74, 6) is -7.08. The summed E-state index contributed by atoms with van der Waals surface area (Å²) in [4.78, 5) is 137. The lowest BCUT2D eigenvalue weighted by Gasteiger charge is -2.36. The number of pyridine rings is 5. The minimum Gasteiger partial charge on any atom is -0.503 e. The molecule has 5 aromatic carbocycles. The highest BCUT2D eigenvalue weighted by atomic mass is 35.5. The maximum absolute atomic E-state index is 13.4. The second kappa shape index (κ2) is 40.1. The molecule has 140 heavy (non-hydrogen) atoms. The van der Waals surface area contributed by atoms with Crippen molar-refractivity contribution in [1.82, 2.24) is 47.3 Å². The molecule has 6 atom stereocenters. The molecule has 10 aromatic rings. The standard InChI is InChI=1S/2C21H20ClFN2O4.C21H23FN2O4.C20H21FN2O4.C19H18ClFN2O4/c1-11-7-21(11)10-29-9-15-16(21)18(26)19(27)17-20(28)24(4-5-25(15)17)8-12-2-3-14(23)13(22)6-12;1-11(2)13-9-29-10-16-17(13)19(26)20(27)18-21(28)24(5-6-25(16)18)8-12-3-4-15(23)14(22)7-12;1-12(2)15-10-28-11-16-17(15)19(25)20(26)18-21(27)23(7-8-24(16)18)9-13-3-5-14(22)6-4-13;1-2-13-10-27-11-15-16(13)18(24)19(25)17-20(26)22(7-8-23(15)17)9-12-3-5-14(21)6-4-12;1-10-8-27-9-14-15(10)17(24)18(25)16-19(26)22(4-5-23(14)16)7-11-2-3-13(21)12(20)6-11/h2-3,6,11,27H,4-5,7-10H2,1H3;3-4,7,13,27H,1,5-6,8-10H2,2H3;3-6,12,15,26H,7-11H2,1-2H3;3-6,13,25H,2,7-11H2,1H3;2-3,6,10,25H,4-5,7-9H2,1H3. The van der Waals surface area contributed by atoms with E-state index in [2.05, 4.69) is 13.5 Å². The molecule has 15 heterocycles. The highest BCUT2D eigenvalue weighted by Crippen LogP contribution is 2.57. The zero-order valence-corrected chi connectivity index (χ0v) is 79.7. The van der Waals surface area contributed by atoms with Gasteiger partial charge in [0.25, 0.3) is 29.5 Å². The first-order chi connectivity index (χ1) is 66.9. The lowest BCUT2D eigenvalue weighted by atomic mass is 9.85. The van der Waals surface area contributed by atoms with Crippen molar-refractivity contribution in [3.63, 3.8) is 0 Å². The van der Waals surface area contributed by atoms with Crippen LogP contribution in [0.2, 0.25) is 15.1 Å². The Morgan fingerprint density at radius 1 is 0.400 bits per heavy atom. The van der Waals surface area contributed by atoms with Gasteiger partial charge in [-0.15, -0.1) is 0 Å². The fourth-order valence-corrected chi connectivity index (χ4v) is 21.2. The minimum atomic E-state index is -0.553. The van der Waals surface area contributed by atoms with Gasteiger partial charge in [0.1, 0.15) is 29.1 Å². The molecule has 1 spiro atoms. The number of aromatic hydroxyl groups is 5. The first-order valence-electron chi connectivity index (χ1n) is 46.1. The Bertz CT molecular complexity index is 7070. The molecule has 0 saturated heterocycles. The maximum atomic E-state index is 13.4. The van der Waals surface area contributed by atoms with Gasteiger partial charge in [-0.2, -0.15) is 0 Å². The number of halogens is 8. The smallest absolute Gasteiger partial charge is 0.274 e. The molecule has 0 bridgehead atoms. The third-order valence-corrected chi connectivity index (χ3v) is 29.1. The Labute approximate surface area is 813 Å². The van der Waals surface area contributed by atoms with E-state index in [1.807, 2.05) is 34.6 Å². The SMILES string of the molecule is C=C(C)C1COCc2c1c(=O)c(O)c1n2CCN(Cc2ccc(F)c(Cl)c2)C1=O.CC(C)C1COCc2c1c(=O)c(O)c1n2CCN(Cc2ccc(F)cc2)C1=O.CC1CC12COCc1c2c(=O)c(O)c2n1CCN(Cc1ccc(F)c(Cl)c1)C2=O.CC1COCc2c1c(=O)c(O)c1n2CCN(Cc2ccc(F)c(Cl)c2)C1=O.CCC1COCc2c1c(=O)c(O)c1n2CCN(Cc2ccc(F)cc2)C1=O. The maximum Gasteiger partial charge on any atom is 0.274 e. The van der Waals surface area contributed by atoms with Crippen molar-refractivity contribution in [3.05, 3.63) is 323 Å². The van der Waals surface area contributed by atoms with E-state index in [0.29, 0.717) is 177 Å². The molecule has 5 aromatic heterocycles. The van der Waals surface area contributed by atoms with Crippen molar-refractivity contribution in [1.29, 1.82) is 0 Å². The highest BCUT2D eigenvalue weighted by Gasteiger charge is 2.58. The van der Waals surface area contributed by atoms with Crippen molar-refractivity contribution in [2.75, 3.05) is 65.8 Å². The van der Waals surface area contributed by atoms with Crippen molar-refractivity contribution < 1.29 is 95.1 Å². The monoisotopic (exact) mass is 1990 g/mol. The molecule has 30 nitrogen and oxygen atoms in total. The van der Waals surface area contributed by atoms with Crippen molar-refractivity contribution in [3.8, 4) is 28.7 Å². The summed E-state index contributed by atoms with van der Waals surface area (Å²) < 4.78 is 103. The highest BCUT2D eigenvalue weighted by molar-refractivity contribution is 6.31. The molecule has 736 valence electrons. The zero-order chi connectivity index (χ0) is 99.8. The van der Waals surface area contributed by atoms with E-state index >= 15 is 0 Å². The third kappa shape index (κ3) is 18.5. The fourth-order valence-electron chi connectivity index (χ4n) is 20.6. The van der Waals surface area contributed by atoms with E-state index in [-0.39, 0.29) is 156 Å². The second-order valence-electron chi connectivity index (χ2n) is 37.4. The summed E-state index contributed by atoms with van der Waals surface area (Å²) in [5, 5.41) is 52.9. The summed E-state index contributed by atoms with van der Waals surface area (Å²) >= 11 is 17.5. The topological polar surface area (TPSA) is 359 Å². The predicted octanol–water partition coefficient (Wildman–Crippen LogP) is 13.6. The van der Waals surface area contributed by atoms with Crippen LogP contribution in [0.25, 0.3) is 0 Å². The number of rotatable bonds is 13. The number of carbonyl (C=O) groups excluding carboxylic acids is 5. The van der Waals surface area contributed by atoms with E-state index in [0.717, 1.165) is 29.5 Å². The molecule has 0 radical (unpaired) electrons. The number of amides is 5. The fraction of sp³-hybridized carbons (Fsp3) is 0.392. The second-order valence-corrected chi connectivity index (χ2v) is 38.6. The van der Waals surface area contributed by atoms with Crippen molar-refractivity contribution in [2.24, 2.45) is 11.8 Å². The van der Waals surface area contributed by atoms with Crippen LogP contribution >= 0.6 is 34.8 Å². The minimum absolute atomic E-state index is 0.00200. The van der Waals surface area contributed by atoms with E-state index in [1.165, 1.54) is 75.4 Å². The molecule has 5 N–H and O–H groups in total. The van der Waals surface area contributed by atoms with Gasteiger partial charge >= 0.3 is 0 Å². The molecule has 10 aliphatic heterocycles. The van der Waals surface area contributed by atoms with E-state index < -0.39 is 103 Å². The number of carbonyl (C=O) groups is 5. The molecule has 11 aliphatic rings. The van der Waals surface area contributed by atoms with Gasteiger partial charge < -0.3 is 96.6 Å². The lowest BCUT2D eigenvalue weighted by Crippen LogP contribution is -2.45. The van der Waals surface area contributed by atoms with E-state index in [9.17, 15) is 95.4 Å². The number of hydrogen-bond acceptors (Lipinski definition) is 20. The predicted molar refractivity (Wildman–Crippen MR) is 503 cm³/mol. The molecular weight excluding hydrogens is 1890 g/mol. The molecule has 5 amide bonds. The van der Waals surface area contributed by atoms with Crippen LogP contribution in [0.4, 0.5) is 22.0 Å². The van der Waals surface area contributed by atoms with Gasteiger partial charge in [0.15, 0.2) is 57.2 Å². The van der Waals surface area contributed by atoms with Crippen LogP contribution in [0.1, 0.15) is 215 Å². The van der Waals surface area contributed by atoms with Crippen molar-refractivity contribution >= 4 is 64.3 Å². The van der Waals surface area contributed by atoms with Crippen LogP contribution in [0.5, 0.6) is 28.7 Å². The summed E-state index contributed by atoms with van der Waals surface area (Å²) in [7, 11) is 0. The van der Waals surface area contributed by atoms with Crippen LogP contribution in [0, 0.1) is 40.9 Å². The van der Waals surface area contributed by atoms with Crippen molar-refractivity contribution in [2.45, 2.75) is 182 Å². The van der Waals surface area contributed by atoms with Crippen LogP contribution in [0.3, 0.4) is 0 Å². The summed E-state index contributed by atoms with van der Waals surface area (Å²) in [6.07, 6.45) is 1.57. The number of ether oxygens (including phenoxy) is 5. The number of fused-ring (bicyclic) bond motifs is 16. The van der Waals surface area contributed by atoms with E-state index in [1.54, 1.807) is 75.1 Å². The first-order valence-corrected chi connectivity index (χ1v) is 47.3. The summed E-state index contributed by atoms with van der Waals surface area (Å²) in [6.45, 7) is 24.4. The Morgan fingerprint density at radius 3 is 1.08 bits per heavy atom. The number of hydrogen-bond donors (Lipinski definition) is 5. The van der Waals surface area contributed by atoms with Gasteiger partial charge in [-0.05, 0) is 120 Å². The van der Waals surface area contributed by atoms with Gasteiger partial charge in [0.05, 0.1) is 110 Å². The Morgan fingerprint density at radius 2 is 0.707 bits per heavy atom. The zero-order valence-electron chi connectivity index (χ0n) is 77.4. The molecule has 38 heteroatoms. The molecule has 1 saturated carbocycles. The third-order valence-electron chi connectivity index (χ3n) is 28.3. The van der Waals surface area contributed by atoms with Gasteiger partial charge in [-0.3, -0.25) is 47.9 Å². The quantitative estimate of drug-likeness (QED) is 0.0529. The normalized spacial score (nSPS) is 20.1. The number of nitrogens with zero attached hydrogens (tertiary/aromatic N) is 10. The lowest BCUT2D eigenvalue weighted by molar-refractivity contribution is 0.0599. The Balaban J connectivity index is 0.000000121. The number of aromatic nitrogens is 5. The Hall–Kier alpha value is -12.7. The average molecular weight is 1990 g/mol. The molecular formula is C102H102Cl3F5N10O20. The van der Waals surface area contributed by atoms with E-state index in [4.69, 9.17) is 58.5 Å². The van der Waals surface area contributed by atoms with Gasteiger partial charge in [0.2, 0.25) is 27.1 Å². The molecule has 1 fully saturated rings. The largest absolute Gasteiger partial charge is 0.503 e.